The number of alkyl carbamates (subject to hydrolysis) is 1. The van der Waals surface area contributed by atoms with Gasteiger partial charge in [0.15, 0.2) is 5.82 Å². The highest BCUT2D eigenvalue weighted by Gasteiger charge is 2.41. The molecule has 3 atom stereocenters. The van der Waals surface area contributed by atoms with Crippen molar-refractivity contribution in [3.8, 4) is 0 Å². The fourth-order valence-corrected chi connectivity index (χ4v) is 2.45. The van der Waals surface area contributed by atoms with Gasteiger partial charge in [-0.15, -0.1) is 0 Å². The lowest BCUT2D eigenvalue weighted by Crippen LogP contribution is -2.36. The van der Waals surface area contributed by atoms with Crippen LogP contribution in [-0.4, -0.2) is 21.8 Å². The summed E-state index contributed by atoms with van der Waals surface area (Å²) in [4.78, 5) is 16.4. The molecule has 2 fully saturated rings. The first-order valence-electron chi connectivity index (χ1n) is 7.66. The number of hydrogen-bond donors (Lipinski definition) is 1. The standard InChI is InChI=1S/C15H23N3O3/c1-8-7-10(8)13-17-12(18-21-13)11(9-5-6-9)16-14(19)20-15(2,3)4/h8-11H,5-7H2,1-4H3,(H,16,19)/t8-,10+,11+/m1/s1. The number of aromatic nitrogens is 2. The van der Waals surface area contributed by atoms with Gasteiger partial charge in [-0.05, 0) is 51.9 Å². The van der Waals surface area contributed by atoms with Gasteiger partial charge in [0.1, 0.15) is 5.60 Å². The first kappa shape index (κ1) is 14.4. The summed E-state index contributed by atoms with van der Waals surface area (Å²) in [6.07, 6.45) is 2.83. The van der Waals surface area contributed by atoms with Crippen LogP contribution in [0, 0.1) is 11.8 Å². The van der Waals surface area contributed by atoms with Gasteiger partial charge in [0.25, 0.3) is 0 Å². The zero-order valence-electron chi connectivity index (χ0n) is 13.0. The molecule has 0 bridgehead atoms. The Labute approximate surface area is 124 Å². The summed E-state index contributed by atoms with van der Waals surface area (Å²) < 4.78 is 10.7. The second-order valence-electron chi connectivity index (χ2n) is 7.27. The monoisotopic (exact) mass is 293 g/mol. The van der Waals surface area contributed by atoms with Crippen LogP contribution < -0.4 is 5.32 Å². The van der Waals surface area contributed by atoms with Gasteiger partial charge in [0, 0.05) is 5.92 Å². The zero-order chi connectivity index (χ0) is 15.2. The quantitative estimate of drug-likeness (QED) is 0.922. The highest BCUT2D eigenvalue weighted by Crippen LogP contribution is 2.47. The van der Waals surface area contributed by atoms with E-state index in [9.17, 15) is 4.79 Å². The minimum Gasteiger partial charge on any atom is -0.444 e. The lowest BCUT2D eigenvalue weighted by molar-refractivity contribution is 0.0494. The third kappa shape index (κ3) is 3.54. The summed E-state index contributed by atoms with van der Waals surface area (Å²) in [5.41, 5.74) is -0.510. The van der Waals surface area contributed by atoms with Crippen LogP contribution in [0.3, 0.4) is 0 Å². The van der Waals surface area contributed by atoms with Crippen LogP contribution in [0.4, 0.5) is 4.79 Å². The third-order valence-corrected chi connectivity index (χ3v) is 3.93. The molecule has 1 amide bonds. The summed E-state index contributed by atoms with van der Waals surface area (Å²) >= 11 is 0. The number of rotatable bonds is 4. The number of carbonyl (C=O) groups is 1. The third-order valence-electron chi connectivity index (χ3n) is 3.93. The van der Waals surface area contributed by atoms with Crippen LogP contribution in [0.2, 0.25) is 0 Å². The second-order valence-corrected chi connectivity index (χ2v) is 7.27. The van der Waals surface area contributed by atoms with E-state index in [1.54, 1.807) is 0 Å². The topological polar surface area (TPSA) is 77.2 Å². The van der Waals surface area contributed by atoms with Crippen molar-refractivity contribution in [2.45, 2.75) is 64.5 Å². The summed E-state index contributed by atoms with van der Waals surface area (Å²) in [7, 11) is 0. The van der Waals surface area contributed by atoms with E-state index in [1.165, 1.54) is 0 Å². The van der Waals surface area contributed by atoms with Crippen LogP contribution in [0.5, 0.6) is 0 Å². The summed E-state index contributed by atoms with van der Waals surface area (Å²) in [6, 6.07) is -0.202. The van der Waals surface area contributed by atoms with Crippen molar-refractivity contribution < 1.29 is 14.1 Å². The predicted molar refractivity (Wildman–Crippen MR) is 75.7 cm³/mol. The molecule has 0 aliphatic heterocycles. The van der Waals surface area contributed by atoms with Gasteiger partial charge < -0.3 is 14.6 Å². The molecule has 1 heterocycles. The van der Waals surface area contributed by atoms with E-state index in [0.29, 0.717) is 29.5 Å². The minimum atomic E-state index is -0.510. The number of carbonyl (C=O) groups excluding carboxylic acids is 1. The zero-order valence-corrected chi connectivity index (χ0v) is 13.0. The van der Waals surface area contributed by atoms with E-state index < -0.39 is 11.7 Å². The predicted octanol–water partition coefficient (Wildman–Crippen LogP) is 3.17. The minimum absolute atomic E-state index is 0.202. The normalized spacial score (nSPS) is 26.3. The molecule has 6 nitrogen and oxygen atoms in total. The fourth-order valence-electron chi connectivity index (χ4n) is 2.45. The van der Waals surface area contributed by atoms with Crippen LogP contribution in [0.25, 0.3) is 0 Å². The molecule has 0 saturated heterocycles. The maximum atomic E-state index is 12.0. The Morgan fingerprint density at radius 2 is 2.10 bits per heavy atom. The molecule has 2 aliphatic carbocycles. The fraction of sp³-hybridized carbons (Fsp3) is 0.800. The molecule has 6 heteroatoms. The molecule has 0 spiro atoms. The van der Waals surface area contributed by atoms with E-state index in [0.717, 1.165) is 19.3 Å². The first-order valence-corrected chi connectivity index (χ1v) is 7.66. The van der Waals surface area contributed by atoms with Crippen LogP contribution in [0.1, 0.15) is 70.6 Å². The molecule has 2 aliphatic rings. The van der Waals surface area contributed by atoms with E-state index >= 15 is 0 Å². The van der Waals surface area contributed by atoms with Crippen molar-refractivity contribution in [2.75, 3.05) is 0 Å². The molecule has 0 radical (unpaired) electrons. The van der Waals surface area contributed by atoms with Gasteiger partial charge in [0.05, 0.1) is 6.04 Å². The molecule has 21 heavy (non-hydrogen) atoms. The smallest absolute Gasteiger partial charge is 0.408 e. The van der Waals surface area contributed by atoms with Crippen LogP contribution in [-0.2, 0) is 4.74 Å². The highest BCUT2D eigenvalue weighted by atomic mass is 16.6. The Morgan fingerprint density at radius 3 is 2.62 bits per heavy atom. The highest BCUT2D eigenvalue weighted by molar-refractivity contribution is 5.68. The van der Waals surface area contributed by atoms with Gasteiger partial charge in [-0.25, -0.2) is 4.79 Å². The molecular formula is C15H23N3O3. The van der Waals surface area contributed by atoms with Gasteiger partial charge in [-0.2, -0.15) is 4.98 Å². The number of hydrogen-bond acceptors (Lipinski definition) is 5. The molecule has 0 aromatic carbocycles. The number of ether oxygens (including phenoxy) is 1. The largest absolute Gasteiger partial charge is 0.444 e. The van der Waals surface area contributed by atoms with Gasteiger partial charge >= 0.3 is 6.09 Å². The molecular weight excluding hydrogens is 270 g/mol. The maximum Gasteiger partial charge on any atom is 0.408 e. The summed E-state index contributed by atoms with van der Waals surface area (Å²) in [5.74, 6) is 2.69. The molecule has 1 aromatic rings. The summed E-state index contributed by atoms with van der Waals surface area (Å²) in [5, 5.41) is 6.96. The van der Waals surface area contributed by atoms with Crippen LogP contribution in [0.15, 0.2) is 4.52 Å². The average molecular weight is 293 g/mol. The van der Waals surface area contributed by atoms with E-state index in [2.05, 4.69) is 22.4 Å². The van der Waals surface area contributed by atoms with Crippen molar-refractivity contribution in [1.29, 1.82) is 0 Å². The Bertz CT molecular complexity index is 531. The average Bonchev–Trinajstić information content (AvgIpc) is 3.25. The molecule has 3 rings (SSSR count). The van der Waals surface area contributed by atoms with Crippen LogP contribution >= 0.6 is 0 Å². The molecule has 2 saturated carbocycles. The number of amides is 1. The lowest BCUT2D eigenvalue weighted by Gasteiger charge is -2.22. The van der Waals surface area contributed by atoms with Gasteiger partial charge in [0.2, 0.25) is 5.89 Å². The molecule has 1 aromatic heterocycles. The maximum absolute atomic E-state index is 12.0. The molecule has 0 unspecified atom stereocenters. The van der Waals surface area contributed by atoms with Crippen molar-refractivity contribution in [3.05, 3.63) is 11.7 Å². The number of nitrogens with one attached hydrogen (secondary N) is 1. The lowest BCUT2D eigenvalue weighted by atomic mass is 10.1. The van der Waals surface area contributed by atoms with Gasteiger partial charge in [-0.1, -0.05) is 12.1 Å². The SMILES string of the molecule is C[C@@H]1C[C@@H]1c1nc([C@@H](NC(=O)OC(C)(C)C)C2CC2)no1. The van der Waals surface area contributed by atoms with Crippen molar-refractivity contribution >= 4 is 6.09 Å². The Balaban J connectivity index is 1.67. The Kier molecular flexibility index (Phi) is 3.42. The molecule has 116 valence electrons. The summed E-state index contributed by atoms with van der Waals surface area (Å²) in [6.45, 7) is 7.71. The first-order chi connectivity index (χ1) is 9.83. The molecule has 1 N–H and O–H groups in total. The van der Waals surface area contributed by atoms with Crippen molar-refractivity contribution in [1.82, 2.24) is 15.5 Å². The van der Waals surface area contributed by atoms with E-state index in [4.69, 9.17) is 9.26 Å². The van der Waals surface area contributed by atoms with E-state index in [-0.39, 0.29) is 6.04 Å². The van der Waals surface area contributed by atoms with Crippen molar-refractivity contribution in [2.24, 2.45) is 11.8 Å². The second kappa shape index (κ2) is 5.00. The Hall–Kier alpha value is -1.59. The number of nitrogens with zero attached hydrogens (tertiary/aromatic N) is 2. The van der Waals surface area contributed by atoms with E-state index in [1.807, 2.05) is 20.8 Å². The van der Waals surface area contributed by atoms with Gasteiger partial charge in [-0.3, -0.25) is 0 Å². The van der Waals surface area contributed by atoms with Crippen molar-refractivity contribution in [3.63, 3.8) is 0 Å². The Morgan fingerprint density at radius 1 is 1.43 bits per heavy atom.